The minimum Gasteiger partial charge on any atom is -0.384 e. The Morgan fingerprint density at radius 2 is 2.15 bits per heavy atom. The summed E-state index contributed by atoms with van der Waals surface area (Å²) in [5, 5.41) is 9.88. The van der Waals surface area contributed by atoms with E-state index in [1.807, 2.05) is 33.0 Å². The van der Waals surface area contributed by atoms with E-state index in [-0.39, 0.29) is 11.9 Å². The van der Waals surface area contributed by atoms with Crippen LogP contribution in [-0.2, 0) is 0 Å². The molecule has 0 saturated heterocycles. The molecule has 0 spiro atoms. The maximum absolute atomic E-state index is 7.81. The third-order valence-corrected chi connectivity index (χ3v) is 4.51. The largest absolute Gasteiger partial charge is 0.384 e. The van der Waals surface area contributed by atoms with E-state index in [1.165, 1.54) is 4.88 Å². The van der Waals surface area contributed by atoms with Gasteiger partial charge in [-0.1, -0.05) is 6.07 Å². The van der Waals surface area contributed by atoms with Gasteiger partial charge in [-0.05, 0) is 43.8 Å². The first-order chi connectivity index (χ1) is 9.41. The third-order valence-electron chi connectivity index (χ3n) is 3.46. The fourth-order valence-electron chi connectivity index (χ4n) is 2.31. The molecular formula is C15H20N4S. The molecule has 5 heteroatoms. The number of hydrogen-bond acceptors (Lipinski definition) is 4. The van der Waals surface area contributed by atoms with E-state index < -0.39 is 0 Å². The van der Waals surface area contributed by atoms with Crippen LogP contribution in [0.25, 0.3) is 0 Å². The molecular weight excluding hydrogens is 268 g/mol. The van der Waals surface area contributed by atoms with Gasteiger partial charge in [-0.15, -0.1) is 11.3 Å². The molecule has 2 heterocycles. The number of aromatic nitrogens is 1. The molecule has 4 nitrogen and oxygen atoms in total. The smallest absolute Gasteiger partial charge is 0.140 e. The third kappa shape index (κ3) is 2.67. The summed E-state index contributed by atoms with van der Waals surface area (Å²) in [6, 6.07) is 6.32. The summed E-state index contributed by atoms with van der Waals surface area (Å²) in [6.07, 6.45) is 0. The van der Waals surface area contributed by atoms with E-state index in [1.54, 1.807) is 11.3 Å². The summed E-state index contributed by atoms with van der Waals surface area (Å²) in [5.41, 5.74) is 8.39. The van der Waals surface area contributed by atoms with Gasteiger partial charge in [0.25, 0.3) is 0 Å². The molecule has 2 aromatic heterocycles. The second-order valence-corrected chi connectivity index (χ2v) is 5.97. The molecule has 0 radical (unpaired) electrons. The van der Waals surface area contributed by atoms with Crippen LogP contribution in [0.2, 0.25) is 0 Å². The molecule has 0 amide bonds. The average molecular weight is 288 g/mol. The second-order valence-electron chi connectivity index (χ2n) is 5.00. The number of nitrogen functional groups attached to an aromatic ring is 1. The van der Waals surface area contributed by atoms with Crippen LogP contribution in [0.4, 0.5) is 5.82 Å². The molecule has 2 rings (SSSR count). The van der Waals surface area contributed by atoms with Gasteiger partial charge in [0.15, 0.2) is 0 Å². The fourth-order valence-corrected chi connectivity index (χ4v) is 3.13. The number of hydrogen-bond donors (Lipinski definition) is 2. The van der Waals surface area contributed by atoms with Crippen LogP contribution in [-0.4, -0.2) is 17.9 Å². The Kier molecular flexibility index (Phi) is 4.09. The van der Waals surface area contributed by atoms with E-state index in [4.69, 9.17) is 11.1 Å². The fraction of sp³-hybridized carbons (Fsp3) is 0.333. The second kappa shape index (κ2) is 5.63. The van der Waals surface area contributed by atoms with E-state index >= 15 is 0 Å². The lowest BCUT2D eigenvalue weighted by Crippen LogP contribution is -2.27. The van der Waals surface area contributed by atoms with Gasteiger partial charge in [-0.25, -0.2) is 4.98 Å². The lowest BCUT2D eigenvalue weighted by molar-refractivity contribution is 0.739. The molecule has 106 valence electrons. The number of thiophene rings is 1. The number of aryl methyl sites for hydroxylation is 2. The Hall–Kier alpha value is -1.88. The van der Waals surface area contributed by atoms with E-state index in [9.17, 15) is 0 Å². The average Bonchev–Trinajstić information content (AvgIpc) is 2.89. The lowest BCUT2D eigenvalue weighted by atomic mass is 10.1. The van der Waals surface area contributed by atoms with Crippen molar-refractivity contribution < 1.29 is 0 Å². The first-order valence-corrected chi connectivity index (χ1v) is 7.38. The highest BCUT2D eigenvalue weighted by Crippen LogP contribution is 2.30. The van der Waals surface area contributed by atoms with Crippen LogP contribution in [0.1, 0.15) is 34.7 Å². The number of nitrogens with two attached hydrogens (primary N) is 1. The Morgan fingerprint density at radius 3 is 2.70 bits per heavy atom. The summed E-state index contributed by atoms with van der Waals surface area (Å²) in [6.45, 7) is 6.07. The topological polar surface area (TPSA) is 66.0 Å². The number of pyridine rings is 1. The number of rotatable bonds is 4. The zero-order valence-corrected chi connectivity index (χ0v) is 13.1. The van der Waals surface area contributed by atoms with Gasteiger partial charge in [-0.2, -0.15) is 0 Å². The minimum absolute atomic E-state index is 0.0650. The Labute approximate surface area is 123 Å². The van der Waals surface area contributed by atoms with Crippen molar-refractivity contribution in [1.29, 1.82) is 5.41 Å². The van der Waals surface area contributed by atoms with Crippen LogP contribution in [0.3, 0.4) is 0 Å². The Morgan fingerprint density at radius 1 is 1.45 bits per heavy atom. The summed E-state index contributed by atoms with van der Waals surface area (Å²) < 4.78 is 0. The summed E-state index contributed by atoms with van der Waals surface area (Å²) in [4.78, 5) is 7.95. The van der Waals surface area contributed by atoms with Gasteiger partial charge >= 0.3 is 0 Å². The number of amidine groups is 1. The van der Waals surface area contributed by atoms with E-state index in [0.717, 1.165) is 22.6 Å². The lowest BCUT2D eigenvalue weighted by Gasteiger charge is -2.28. The molecule has 3 N–H and O–H groups in total. The zero-order chi connectivity index (χ0) is 14.9. The highest BCUT2D eigenvalue weighted by molar-refractivity contribution is 7.10. The minimum atomic E-state index is 0.0650. The standard InChI is InChI=1S/C15H20N4S/c1-9-8-10(2)18-15(13(9)14(16)17)19(4)11(3)12-6-5-7-20-12/h5-8,11H,1-4H3,(H3,16,17). The molecule has 0 aliphatic carbocycles. The molecule has 1 unspecified atom stereocenters. The zero-order valence-electron chi connectivity index (χ0n) is 12.3. The maximum atomic E-state index is 7.81. The molecule has 0 aliphatic rings. The van der Waals surface area contributed by atoms with Crippen LogP contribution in [0.5, 0.6) is 0 Å². The van der Waals surface area contributed by atoms with Crippen molar-refractivity contribution in [3.8, 4) is 0 Å². The van der Waals surface area contributed by atoms with Crippen molar-refractivity contribution in [3.63, 3.8) is 0 Å². The Bertz CT molecular complexity index is 619. The van der Waals surface area contributed by atoms with Crippen molar-refractivity contribution >= 4 is 23.0 Å². The normalized spacial score (nSPS) is 12.2. The first kappa shape index (κ1) is 14.5. The van der Waals surface area contributed by atoms with Crippen molar-refractivity contribution in [1.82, 2.24) is 4.98 Å². The Balaban J connectivity index is 2.48. The van der Waals surface area contributed by atoms with Gasteiger partial charge in [0.1, 0.15) is 11.7 Å². The van der Waals surface area contributed by atoms with E-state index in [0.29, 0.717) is 0 Å². The predicted molar refractivity (Wildman–Crippen MR) is 85.9 cm³/mol. The quantitative estimate of drug-likeness (QED) is 0.670. The number of nitrogens with one attached hydrogen (secondary N) is 1. The van der Waals surface area contributed by atoms with Gasteiger partial charge in [-0.3, -0.25) is 5.41 Å². The monoisotopic (exact) mass is 288 g/mol. The van der Waals surface area contributed by atoms with Gasteiger partial charge in [0, 0.05) is 17.6 Å². The number of anilines is 1. The molecule has 0 aliphatic heterocycles. The highest BCUT2D eigenvalue weighted by atomic mass is 32.1. The molecule has 0 bridgehead atoms. The summed E-state index contributed by atoms with van der Waals surface area (Å²) >= 11 is 1.72. The molecule has 1 atom stereocenters. The van der Waals surface area contributed by atoms with E-state index in [2.05, 4.69) is 28.3 Å². The van der Waals surface area contributed by atoms with Crippen molar-refractivity contribution in [2.75, 3.05) is 11.9 Å². The first-order valence-electron chi connectivity index (χ1n) is 6.50. The molecule has 20 heavy (non-hydrogen) atoms. The maximum Gasteiger partial charge on any atom is 0.140 e. The molecule has 0 aromatic carbocycles. The van der Waals surface area contributed by atoms with Crippen LogP contribution in [0, 0.1) is 19.3 Å². The highest BCUT2D eigenvalue weighted by Gasteiger charge is 2.20. The van der Waals surface area contributed by atoms with Crippen LogP contribution in [0.15, 0.2) is 23.6 Å². The van der Waals surface area contributed by atoms with Crippen molar-refractivity contribution in [3.05, 3.63) is 45.3 Å². The summed E-state index contributed by atoms with van der Waals surface area (Å²) in [5.74, 6) is 0.839. The van der Waals surface area contributed by atoms with Crippen LogP contribution >= 0.6 is 11.3 Å². The molecule has 0 saturated carbocycles. The molecule has 2 aromatic rings. The van der Waals surface area contributed by atoms with Gasteiger partial charge in [0.2, 0.25) is 0 Å². The predicted octanol–water partition coefficient (Wildman–Crippen LogP) is 3.24. The SMILES string of the molecule is Cc1cc(C)c(C(=N)N)c(N(C)C(C)c2cccs2)n1. The number of nitrogens with zero attached hydrogens (tertiary/aromatic N) is 2. The van der Waals surface area contributed by atoms with Crippen molar-refractivity contribution in [2.45, 2.75) is 26.8 Å². The van der Waals surface area contributed by atoms with Gasteiger partial charge in [0.05, 0.1) is 11.6 Å². The summed E-state index contributed by atoms with van der Waals surface area (Å²) in [7, 11) is 2.00. The van der Waals surface area contributed by atoms with Crippen molar-refractivity contribution in [2.24, 2.45) is 5.73 Å². The van der Waals surface area contributed by atoms with Gasteiger partial charge < -0.3 is 10.6 Å². The molecule has 0 fully saturated rings. The van der Waals surface area contributed by atoms with Crippen LogP contribution < -0.4 is 10.6 Å².